The number of nitrogens with two attached hydrogens (primary N) is 1. The van der Waals surface area contributed by atoms with Gasteiger partial charge in [-0.05, 0) is 31.2 Å². The van der Waals surface area contributed by atoms with Crippen LogP contribution in [0.1, 0.15) is 17.3 Å². The highest BCUT2D eigenvalue weighted by Gasteiger charge is 2.10. The summed E-state index contributed by atoms with van der Waals surface area (Å²) in [6, 6.07) is 8.13. The highest BCUT2D eigenvalue weighted by molar-refractivity contribution is 5.89. The number of carbonyl (C=O) groups is 1. The number of hydrogen-bond acceptors (Lipinski definition) is 4. The van der Waals surface area contributed by atoms with Gasteiger partial charge in [-0.2, -0.15) is 5.26 Å². The minimum atomic E-state index is -0.736. The van der Waals surface area contributed by atoms with Gasteiger partial charge in [-0.15, -0.1) is 0 Å². The van der Waals surface area contributed by atoms with E-state index in [-0.39, 0.29) is 0 Å². The van der Waals surface area contributed by atoms with Crippen LogP contribution >= 0.6 is 0 Å². The van der Waals surface area contributed by atoms with E-state index in [1.54, 1.807) is 24.3 Å². The van der Waals surface area contributed by atoms with Crippen LogP contribution in [0.25, 0.3) is 0 Å². The summed E-state index contributed by atoms with van der Waals surface area (Å²) in [5, 5.41) is 8.43. The van der Waals surface area contributed by atoms with Gasteiger partial charge in [0.2, 0.25) is 0 Å². The SMILES string of the molecule is CC(C#N)OC(=O)c1ccc(N)cc1. The van der Waals surface area contributed by atoms with E-state index >= 15 is 0 Å². The Morgan fingerprint density at radius 3 is 2.57 bits per heavy atom. The van der Waals surface area contributed by atoms with E-state index < -0.39 is 12.1 Å². The maximum Gasteiger partial charge on any atom is 0.339 e. The normalized spacial score (nSPS) is 11.4. The van der Waals surface area contributed by atoms with Crippen molar-refractivity contribution in [2.75, 3.05) is 5.73 Å². The van der Waals surface area contributed by atoms with Crippen molar-refractivity contribution >= 4 is 11.7 Å². The third-order valence-corrected chi connectivity index (χ3v) is 1.61. The molecule has 0 aliphatic rings. The molecule has 0 amide bonds. The number of carbonyl (C=O) groups excluding carboxylic acids is 1. The first-order chi connectivity index (χ1) is 6.63. The molecule has 0 heterocycles. The molecule has 14 heavy (non-hydrogen) atoms. The molecule has 1 aromatic carbocycles. The van der Waals surface area contributed by atoms with Crippen molar-refractivity contribution in [3.63, 3.8) is 0 Å². The molecular weight excluding hydrogens is 180 g/mol. The van der Waals surface area contributed by atoms with Crippen LogP contribution in [0.3, 0.4) is 0 Å². The molecule has 0 aliphatic heterocycles. The van der Waals surface area contributed by atoms with E-state index in [4.69, 9.17) is 15.7 Å². The van der Waals surface area contributed by atoms with E-state index in [9.17, 15) is 4.79 Å². The van der Waals surface area contributed by atoms with Gasteiger partial charge in [0.1, 0.15) is 6.07 Å². The predicted octanol–water partition coefficient (Wildman–Crippen LogP) is 1.34. The summed E-state index contributed by atoms with van der Waals surface area (Å²) < 4.78 is 4.78. The van der Waals surface area contributed by atoms with Gasteiger partial charge in [-0.3, -0.25) is 0 Å². The molecule has 0 spiro atoms. The Hall–Kier alpha value is -2.02. The van der Waals surface area contributed by atoms with Gasteiger partial charge in [-0.25, -0.2) is 4.79 Å². The molecule has 1 unspecified atom stereocenters. The number of hydrogen-bond donors (Lipinski definition) is 1. The number of benzene rings is 1. The minimum Gasteiger partial charge on any atom is -0.444 e. The first-order valence-corrected chi connectivity index (χ1v) is 4.09. The molecule has 0 fully saturated rings. The van der Waals surface area contributed by atoms with Crippen molar-refractivity contribution in [2.24, 2.45) is 0 Å². The zero-order valence-electron chi connectivity index (χ0n) is 7.73. The highest BCUT2D eigenvalue weighted by atomic mass is 16.5. The summed E-state index contributed by atoms with van der Waals surface area (Å²) >= 11 is 0. The summed E-state index contributed by atoms with van der Waals surface area (Å²) in [6.45, 7) is 1.51. The number of nitrogen functional groups attached to an aromatic ring is 1. The summed E-state index contributed by atoms with van der Waals surface area (Å²) in [5.41, 5.74) is 6.42. The zero-order valence-corrected chi connectivity index (χ0v) is 7.73. The van der Waals surface area contributed by atoms with Gasteiger partial charge in [0.15, 0.2) is 6.10 Å². The molecule has 4 heteroatoms. The number of rotatable bonds is 2. The molecule has 2 N–H and O–H groups in total. The zero-order chi connectivity index (χ0) is 10.6. The standard InChI is InChI=1S/C10H10N2O2/c1-7(6-11)14-10(13)8-2-4-9(12)5-3-8/h2-5,7H,12H2,1H3. The monoisotopic (exact) mass is 190 g/mol. The molecule has 1 atom stereocenters. The van der Waals surface area contributed by atoms with Gasteiger partial charge >= 0.3 is 5.97 Å². The van der Waals surface area contributed by atoms with E-state index in [1.165, 1.54) is 6.92 Å². The molecule has 0 bridgehead atoms. The van der Waals surface area contributed by atoms with Crippen molar-refractivity contribution < 1.29 is 9.53 Å². The Morgan fingerprint density at radius 1 is 1.50 bits per heavy atom. The average Bonchev–Trinajstić information content (AvgIpc) is 2.18. The first-order valence-electron chi connectivity index (χ1n) is 4.09. The fourth-order valence-corrected chi connectivity index (χ4v) is 0.874. The fraction of sp³-hybridized carbons (Fsp3) is 0.200. The topological polar surface area (TPSA) is 76.1 Å². The quantitative estimate of drug-likeness (QED) is 0.564. The largest absolute Gasteiger partial charge is 0.444 e. The van der Waals surface area contributed by atoms with Gasteiger partial charge in [0.25, 0.3) is 0 Å². The number of ether oxygens (including phenoxy) is 1. The third kappa shape index (κ3) is 2.49. The number of anilines is 1. The molecule has 0 saturated heterocycles. The summed E-state index contributed by atoms with van der Waals surface area (Å²) in [4.78, 5) is 11.3. The highest BCUT2D eigenvalue weighted by Crippen LogP contribution is 2.07. The molecule has 0 aromatic heterocycles. The van der Waals surface area contributed by atoms with Crippen LogP contribution < -0.4 is 5.73 Å². The summed E-state index contributed by atoms with van der Waals surface area (Å²) in [6.07, 6.45) is -0.736. The first kappa shape index (κ1) is 10.1. The van der Waals surface area contributed by atoms with Gasteiger partial charge in [-0.1, -0.05) is 0 Å². The predicted molar refractivity (Wildman–Crippen MR) is 51.3 cm³/mol. The molecular formula is C10H10N2O2. The van der Waals surface area contributed by atoms with Crippen molar-refractivity contribution in [1.82, 2.24) is 0 Å². The van der Waals surface area contributed by atoms with Crippen LogP contribution in [0.2, 0.25) is 0 Å². The Morgan fingerprint density at radius 2 is 2.07 bits per heavy atom. The van der Waals surface area contributed by atoms with Gasteiger partial charge in [0.05, 0.1) is 5.56 Å². The van der Waals surface area contributed by atoms with E-state index in [1.807, 2.05) is 6.07 Å². The smallest absolute Gasteiger partial charge is 0.339 e. The molecule has 4 nitrogen and oxygen atoms in total. The van der Waals surface area contributed by atoms with E-state index in [0.29, 0.717) is 11.3 Å². The Bertz CT molecular complexity index is 365. The lowest BCUT2D eigenvalue weighted by atomic mass is 10.2. The molecule has 1 rings (SSSR count). The second-order valence-electron chi connectivity index (χ2n) is 2.80. The molecule has 1 aromatic rings. The third-order valence-electron chi connectivity index (χ3n) is 1.61. The van der Waals surface area contributed by atoms with Crippen molar-refractivity contribution in [3.05, 3.63) is 29.8 Å². The maximum atomic E-state index is 11.3. The van der Waals surface area contributed by atoms with Gasteiger partial charge in [0, 0.05) is 5.69 Å². The van der Waals surface area contributed by atoms with Gasteiger partial charge < -0.3 is 10.5 Å². The molecule has 0 saturated carbocycles. The van der Waals surface area contributed by atoms with Crippen molar-refractivity contribution in [1.29, 1.82) is 5.26 Å². The van der Waals surface area contributed by atoms with E-state index in [2.05, 4.69) is 0 Å². The van der Waals surface area contributed by atoms with Crippen molar-refractivity contribution in [3.8, 4) is 6.07 Å². The number of nitrogens with zero attached hydrogens (tertiary/aromatic N) is 1. The summed E-state index contributed by atoms with van der Waals surface area (Å²) in [5.74, 6) is -0.515. The summed E-state index contributed by atoms with van der Waals surface area (Å²) in [7, 11) is 0. The lowest BCUT2D eigenvalue weighted by Crippen LogP contribution is -2.12. The maximum absolute atomic E-state index is 11.3. The molecule has 0 radical (unpaired) electrons. The Labute approximate surface area is 81.9 Å². The van der Waals surface area contributed by atoms with Crippen LogP contribution in [0.4, 0.5) is 5.69 Å². The lowest BCUT2D eigenvalue weighted by molar-refractivity contribution is 0.0435. The number of esters is 1. The Kier molecular flexibility index (Phi) is 3.08. The van der Waals surface area contributed by atoms with Crippen LogP contribution in [-0.4, -0.2) is 12.1 Å². The fourth-order valence-electron chi connectivity index (χ4n) is 0.874. The second kappa shape index (κ2) is 4.28. The average molecular weight is 190 g/mol. The van der Waals surface area contributed by atoms with Crippen molar-refractivity contribution in [2.45, 2.75) is 13.0 Å². The molecule has 72 valence electrons. The Balaban J connectivity index is 2.71. The van der Waals surface area contributed by atoms with Crippen LogP contribution in [-0.2, 0) is 4.74 Å². The second-order valence-corrected chi connectivity index (χ2v) is 2.80. The lowest BCUT2D eigenvalue weighted by Gasteiger charge is -2.05. The van der Waals surface area contributed by atoms with Crippen LogP contribution in [0.5, 0.6) is 0 Å². The minimum absolute atomic E-state index is 0.390. The molecule has 0 aliphatic carbocycles. The van der Waals surface area contributed by atoms with Crippen LogP contribution in [0.15, 0.2) is 24.3 Å². The number of nitriles is 1. The van der Waals surface area contributed by atoms with Crippen LogP contribution in [0, 0.1) is 11.3 Å². The van der Waals surface area contributed by atoms with E-state index in [0.717, 1.165) is 0 Å².